The summed E-state index contributed by atoms with van der Waals surface area (Å²) in [5.74, 6) is -1.63. The molecule has 3 aliphatic rings. The van der Waals surface area contributed by atoms with E-state index in [4.69, 9.17) is 18.9 Å². The fourth-order valence-corrected chi connectivity index (χ4v) is 6.71. The molecule has 0 bridgehead atoms. The Balaban J connectivity index is 1.81. The molecule has 3 rings (SSSR count). The summed E-state index contributed by atoms with van der Waals surface area (Å²) in [6.07, 6.45) is 5.26. The van der Waals surface area contributed by atoms with Crippen molar-refractivity contribution >= 4 is 18.0 Å². The highest BCUT2D eigenvalue weighted by Crippen LogP contribution is 2.38. The Kier molecular flexibility index (Phi) is 15.5. The molecule has 50 heavy (non-hydrogen) atoms. The number of hydrogen-bond donors (Lipinski definition) is 4. The zero-order valence-corrected chi connectivity index (χ0v) is 30.8. The predicted octanol–water partition coefficient (Wildman–Crippen LogP) is 2.89. The second-order valence-corrected chi connectivity index (χ2v) is 14.6. The number of esters is 2. The molecule has 0 radical (unpaired) electrons. The number of epoxide rings is 1. The molecule has 0 spiro atoms. The van der Waals surface area contributed by atoms with Crippen molar-refractivity contribution in [1.29, 1.82) is 0 Å². The van der Waals surface area contributed by atoms with Crippen LogP contribution >= 0.6 is 0 Å². The van der Waals surface area contributed by atoms with Crippen LogP contribution in [-0.4, -0.2) is 135 Å². The molecule has 0 unspecified atom stereocenters. The van der Waals surface area contributed by atoms with Crippen molar-refractivity contribution in [2.75, 3.05) is 39.3 Å². The van der Waals surface area contributed by atoms with Crippen LogP contribution < -0.4 is 0 Å². The number of ether oxygens (including phenoxy) is 4. The molecule has 284 valence electrons. The van der Waals surface area contributed by atoms with Crippen molar-refractivity contribution < 1.29 is 53.8 Å². The molecule has 0 aromatic heterocycles. The Morgan fingerprint density at radius 3 is 2.50 bits per heavy atom. The molecule has 0 aromatic rings. The molecule has 10 atom stereocenters. The van der Waals surface area contributed by atoms with Gasteiger partial charge in [0.25, 0.3) is 0 Å². The molecule has 2 saturated heterocycles. The molecule has 4 N–H and O–H groups in total. The van der Waals surface area contributed by atoms with Gasteiger partial charge in [0.2, 0.25) is 0 Å². The third-order valence-electron chi connectivity index (χ3n) is 10.00. The second kappa shape index (κ2) is 18.6. The minimum Gasteiger partial charge on any atom is -0.457 e. The van der Waals surface area contributed by atoms with Gasteiger partial charge in [0.15, 0.2) is 6.10 Å². The van der Waals surface area contributed by atoms with E-state index >= 15 is 0 Å². The first-order valence-corrected chi connectivity index (χ1v) is 17.9. The molecular weight excluding hydrogens is 648 g/mol. The average Bonchev–Trinajstić information content (AvgIpc) is 3.81. The topological polar surface area (TPSA) is 179 Å². The van der Waals surface area contributed by atoms with Crippen LogP contribution in [0.4, 0.5) is 4.79 Å². The highest BCUT2D eigenvalue weighted by Gasteiger charge is 2.47. The number of hydrogen-bond acceptors (Lipinski definition) is 12. The number of cyclic esters (lactones) is 1. The zero-order chi connectivity index (χ0) is 37.2. The van der Waals surface area contributed by atoms with Crippen LogP contribution in [-0.2, 0) is 28.5 Å². The molecule has 3 aliphatic heterocycles. The maximum atomic E-state index is 13.4. The number of carbonyl (C=O) groups is 3. The predicted molar refractivity (Wildman–Crippen MR) is 186 cm³/mol. The maximum absolute atomic E-state index is 13.4. The van der Waals surface area contributed by atoms with Crippen molar-refractivity contribution in [3.8, 4) is 0 Å². The molecule has 13 nitrogen and oxygen atoms in total. The summed E-state index contributed by atoms with van der Waals surface area (Å²) in [5, 5.41) is 41.2. The molecular formula is C37H60N2O11. The van der Waals surface area contributed by atoms with E-state index in [2.05, 4.69) is 4.90 Å². The van der Waals surface area contributed by atoms with Gasteiger partial charge >= 0.3 is 18.0 Å². The van der Waals surface area contributed by atoms with E-state index in [-0.39, 0.29) is 44.0 Å². The number of rotatable bonds is 12. The van der Waals surface area contributed by atoms with Gasteiger partial charge in [-0.15, -0.1) is 0 Å². The van der Waals surface area contributed by atoms with Crippen LogP contribution in [0.3, 0.4) is 0 Å². The molecule has 0 saturated carbocycles. The van der Waals surface area contributed by atoms with E-state index in [1.807, 2.05) is 20.8 Å². The maximum Gasteiger partial charge on any atom is 0.410 e. The average molecular weight is 709 g/mol. The van der Waals surface area contributed by atoms with E-state index in [9.17, 15) is 34.8 Å². The molecule has 2 fully saturated rings. The molecule has 1 amide bonds. The summed E-state index contributed by atoms with van der Waals surface area (Å²) < 4.78 is 23.4. The lowest BCUT2D eigenvalue weighted by molar-refractivity contribution is -0.168. The van der Waals surface area contributed by atoms with Crippen LogP contribution in [0, 0.1) is 11.8 Å². The third-order valence-corrected chi connectivity index (χ3v) is 10.00. The molecule has 0 aromatic carbocycles. The van der Waals surface area contributed by atoms with Gasteiger partial charge in [-0.05, 0) is 51.7 Å². The van der Waals surface area contributed by atoms with E-state index in [1.165, 1.54) is 6.92 Å². The van der Waals surface area contributed by atoms with Crippen molar-refractivity contribution in [2.24, 2.45) is 11.8 Å². The van der Waals surface area contributed by atoms with Crippen LogP contribution in [0.15, 0.2) is 36.0 Å². The zero-order valence-electron chi connectivity index (χ0n) is 30.8. The van der Waals surface area contributed by atoms with Gasteiger partial charge in [0, 0.05) is 57.9 Å². The Labute approximate surface area is 296 Å². The largest absolute Gasteiger partial charge is 0.457 e. The number of nitrogens with zero attached hydrogens (tertiary/aromatic N) is 2. The lowest BCUT2D eigenvalue weighted by atomic mass is 9.88. The fourth-order valence-electron chi connectivity index (χ4n) is 6.71. The quantitative estimate of drug-likeness (QED) is 0.0768. The monoisotopic (exact) mass is 708 g/mol. The van der Waals surface area contributed by atoms with E-state index < -0.39 is 59.6 Å². The first-order chi connectivity index (χ1) is 23.5. The minimum absolute atomic E-state index is 0.0288. The van der Waals surface area contributed by atoms with Gasteiger partial charge in [0.05, 0.1) is 43.0 Å². The standard InChI is InChI=1S/C37H60N2O11/c1-8-29(43)26(4)34-30(47-34)23-36(6,46)14-9-10-24(2)33-25(3)11-12-31(48-35(45)39-18-16-38(17-19-39)20-21-40)37(7,50-27(5)41)15-13-28(42)22-32(44)49-33/h9-12,14,25-26,28-31,33-34,40,42-43,46H,8,13,15-23H2,1-7H3/b12-11+,14-9+,24-10+/t25-,26+,28+,29-,30+,31-,33+,34+,36-,37+/m0/s1. The van der Waals surface area contributed by atoms with Crippen LogP contribution in [0.1, 0.15) is 80.6 Å². The summed E-state index contributed by atoms with van der Waals surface area (Å²) in [6.45, 7) is 14.6. The third kappa shape index (κ3) is 12.4. The van der Waals surface area contributed by atoms with Gasteiger partial charge < -0.3 is 44.3 Å². The number of aliphatic hydroxyl groups excluding tert-OH is 3. The summed E-state index contributed by atoms with van der Waals surface area (Å²) in [7, 11) is 0. The number of amides is 1. The van der Waals surface area contributed by atoms with E-state index in [0.717, 1.165) is 0 Å². The van der Waals surface area contributed by atoms with Crippen LogP contribution in [0.5, 0.6) is 0 Å². The van der Waals surface area contributed by atoms with Gasteiger partial charge in [-0.25, -0.2) is 4.79 Å². The Bertz CT molecular complexity index is 1230. The fraction of sp³-hybridized carbons (Fsp3) is 0.757. The number of carbonyl (C=O) groups excluding carboxylic acids is 3. The van der Waals surface area contributed by atoms with Gasteiger partial charge in [-0.1, -0.05) is 45.1 Å². The van der Waals surface area contributed by atoms with Gasteiger partial charge in [-0.3, -0.25) is 14.5 Å². The van der Waals surface area contributed by atoms with Crippen LogP contribution in [0.25, 0.3) is 0 Å². The Morgan fingerprint density at radius 1 is 1.20 bits per heavy atom. The van der Waals surface area contributed by atoms with Crippen molar-refractivity contribution in [2.45, 2.75) is 128 Å². The number of aliphatic hydroxyl groups is 4. The first kappa shape index (κ1) is 41.6. The molecule has 0 aliphatic carbocycles. The second-order valence-electron chi connectivity index (χ2n) is 14.6. The van der Waals surface area contributed by atoms with Crippen molar-refractivity contribution in [1.82, 2.24) is 9.80 Å². The highest BCUT2D eigenvalue weighted by atomic mass is 16.6. The van der Waals surface area contributed by atoms with Crippen LogP contribution in [0.2, 0.25) is 0 Å². The van der Waals surface area contributed by atoms with Crippen molar-refractivity contribution in [3.05, 3.63) is 36.0 Å². The first-order valence-electron chi connectivity index (χ1n) is 17.9. The van der Waals surface area contributed by atoms with E-state index in [0.29, 0.717) is 51.1 Å². The minimum atomic E-state index is -1.34. The van der Waals surface area contributed by atoms with E-state index in [1.54, 1.807) is 56.1 Å². The highest BCUT2D eigenvalue weighted by molar-refractivity contribution is 5.71. The van der Waals surface area contributed by atoms with Gasteiger partial charge in [0.1, 0.15) is 11.7 Å². The smallest absolute Gasteiger partial charge is 0.410 e. The molecule has 13 heteroatoms. The lowest BCUT2D eigenvalue weighted by Gasteiger charge is -2.38. The number of piperazine rings is 1. The van der Waals surface area contributed by atoms with Crippen molar-refractivity contribution in [3.63, 3.8) is 0 Å². The SMILES string of the molecule is CC[C@H](O)[C@@H](C)[C@H]1O[C@@H]1C[C@@](C)(O)/C=C/C=C(\C)[C@H]1OC(=O)C[C@H](O)CC[C@@](C)(OC(C)=O)[C@@H](OC(=O)N2CCN(CCO)CC2)/C=C/[C@@H]1C. The summed E-state index contributed by atoms with van der Waals surface area (Å²) in [4.78, 5) is 42.3. The summed E-state index contributed by atoms with van der Waals surface area (Å²) in [6, 6.07) is 0. The lowest BCUT2D eigenvalue weighted by Crippen LogP contribution is -2.52. The Morgan fingerprint density at radius 2 is 1.88 bits per heavy atom. The Hall–Kier alpha value is -2.81. The summed E-state index contributed by atoms with van der Waals surface area (Å²) >= 11 is 0. The normalized spacial score (nSPS) is 33.3. The number of allylic oxidation sites excluding steroid dienone is 2. The summed E-state index contributed by atoms with van der Waals surface area (Å²) in [5.41, 5.74) is -1.85. The van der Waals surface area contributed by atoms with Gasteiger partial charge in [-0.2, -0.15) is 0 Å². The number of β-amino-alcohol motifs (C(OH)–C–C–N with tert-alkyl or cyclic N) is 1. The molecule has 3 heterocycles.